The number of ether oxygens (including phenoxy) is 2. The number of aliphatic hydroxyl groups excluding tert-OH is 1. The Bertz CT molecular complexity index is 1140. The second kappa shape index (κ2) is 11.6. The minimum absolute atomic E-state index is 0.123. The second-order valence-electron chi connectivity index (χ2n) is 8.92. The number of hydrogen-bond acceptors (Lipinski definition) is 5. The van der Waals surface area contributed by atoms with Crippen LogP contribution >= 0.6 is 11.6 Å². The number of amides is 1. The summed E-state index contributed by atoms with van der Waals surface area (Å²) >= 11 is 6.01. The Morgan fingerprint density at radius 1 is 1.03 bits per heavy atom. The molecule has 6 nitrogen and oxygen atoms in total. The SMILES string of the molecule is C[C@H](Cc1ccc2c(c1)OC[C@H](C(=O)N[C@@H](C)c1ccccc1)O2)NC[C@@H](O)c1cccc(Cl)c1. The second-order valence-corrected chi connectivity index (χ2v) is 9.36. The lowest BCUT2D eigenvalue weighted by Crippen LogP contribution is -2.44. The molecule has 0 aromatic heterocycles. The van der Waals surface area contributed by atoms with Crippen molar-refractivity contribution in [3.8, 4) is 11.5 Å². The van der Waals surface area contributed by atoms with Gasteiger partial charge in [0.25, 0.3) is 5.91 Å². The van der Waals surface area contributed by atoms with E-state index in [-0.39, 0.29) is 24.6 Å². The molecular weight excluding hydrogens is 464 g/mol. The quantitative estimate of drug-likeness (QED) is 0.405. The molecular formula is C28H31ClN2O4. The van der Waals surface area contributed by atoms with Crippen LogP contribution in [0.4, 0.5) is 0 Å². The fourth-order valence-electron chi connectivity index (χ4n) is 4.07. The Morgan fingerprint density at radius 3 is 2.57 bits per heavy atom. The number of halogens is 1. The van der Waals surface area contributed by atoms with Crippen LogP contribution in [0.15, 0.2) is 72.8 Å². The molecule has 35 heavy (non-hydrogen) atoms. The lowest BCUT2D eigenvalue weighted by Gasteiger charge is -2.27. The van der Waals surface area contributed by atoms with E-state index in [0.717, 1.165) is 23.1 Å². The van der Waals surface area contributed by atoms with E-state index in [0.29, 0.717) is 23.1 Å². The van der Waals surface area contributed by atoms with Gasteiger partial charge < -0.3 is 25.2 Å². The van der Waals surface area contributed by atoms with E-state index in [1.54, 1.807) is 12.1 Å². The molecule has 4 rings (SSSR count). The Hall–Kier alpha value is -3.06. The molecule has 0 bridgehead atoms. The van der Waals surface area contributed by atoms with Crippen molar-refractivity contribution in [1.82, 2.24) is 10.6 Å². The van der Waals surface area contributed by atoms with E-state index in [1.807, 2.05) is 67.6 Å². The Labute approximate surface area is 211 Å². The van der Waals surface area contributed by atoms with Crippen LogP contribution in [0.2, 0.25) is 5.02 Å². The molecule has 0 spiro atoms. The molecule has 1 amide bonds. The average Bonchev–Trinajstić information content (AvgIpc) is 2.87. The number of carbonyl (C=O) groups excluding carboxylic acids is 1. The molecule has 1 aliphatic heterocycles. The zero-order chi connectivity index (χ0) is 24.8. The topological polar surface area (TPSA) is 79.8 Å². The lowest BCUT2D eigenvalue weighted by atomic mass is 10.0. The van der Waals surface area contributed by atoms with Gasteiger partial charge in [0, 0.05) is 17.6 Å². The van der Waals surface area contributed by atoms with Gasteiger partial charge in [-0.15, -0.1) is 0 Å². The predicted octanol–water partition coefficient (Wildman–Crippen LogP) is 4.61. The molecule has 3 N–H and O–H groups in total. The van der Waals surface area contributed by atoms with E-state index >= 15 is 0 Å². The lowest BCUT2D eigenvalue weighted by molar-refractivity contribution is -0.131. The average molecular weight is 495 g/mol. The molecule has 0 radical (unpaired) electrons. The molecule has 0 saturated carbocycles. The summed E-state index contributed by atoms with van der Waals surface area (Å²) in [6.45, 7) is 4.59. The summed E-state index contributed by atoms with van der Waals surface area (Å²) in [6.07, 6.45) is -0.589. The zero-order valence-electron chi connectivity index (χ0n) is 19.9. The number of fused-ring (bicyclic) bond motifs is 1. The minimum atomic E-state index is -0.701. The number of aliphatic hydroxyl groups is 1. The van der Waals surface area contributed by atoms with Gasteiger partial charge in [0.15, 0.2) is 11.5 Å². The Balaban J connectivity index is 1.28. The van der Waals surface area contributed by atoms with Crippen LogP contribution in [0.1, 0.15) is 42.7 Å². The first-order chi connectivity index (χ1) is 16.9. The fraction of sp³-hybridized carbons (Fsp3) is 0.321. The van der Waals surface area contributed by atoms with Gasteiger partial charge in [-0.3, -0.25) is 4.79 Å². The maximum absolute atomic E-state index is 12.7. The molecule has 3 aromatic rings. The summed E-state index contributed by atoms with van der Waals surface area (Å²) in [6, 6.07) is 22.8. The monoisotopic (exact) mass is 494 g/mol. The Morgan fingerprint density at radius 2 is 1.80 bits per heavy atom. The molecule has 0 saturated heterocycles. The highest BCUT2D eigenvalue weighted by Gasteiger charge is 2.28. The van der Waals surface area contributed by atoms with Gasteiger partial charge in [-0.1, -0.05) is 60.1 Å². The van der Waals surface area contributed by atoms with Crippen molar-refractivity contribution in [2.24, 2.45) is 0 Å². The summed E-state index contributed by atoms with van der Waals surface area (Å²) in [4.78, 5) is 12.7. The number of benzene rings is 3. The molecule has 0 unspecified atom stereocenters. The molecule has 184 valence electrons. The highest BCUT2D eigenvalue weighted by molar-refractivity contribution is 6.30. The van der Waals surface area contributed by atoms with E-state index in [1.165, 1.54) is 0 Å². The molecule has 3 aromatic carbocycles. The van der Waals surface area contributed by atoms with Crippen LogP contribution in [-0.4, -0.2) is 36.3 Å². The third kappa shape index (κ3) is 6.75. The van der Waals surface area contributed by atoms with E-state index in [2.05, 4.69) is 17.6 Å². The number of carbonyl (C=O) groups is 1. The van der Waals surface area contributed by atoms with Crippen LogP contribution in [0, 0.1) is 0 Å². The first-order valence-corrected chi connectivity index (χ1v) is 12.2. The number of nitrogens with one attached hydrogen (secondary N) is 2. The van der Waals surface area contributed by atoms with Gasteiger partial charge in [-0.2, -0.15) is 0 Å². The molecule has 0 fully saturated rings. The van der Waals surface area contributed by atoms with Crippen molar-refractivity contribution in [3.63, 3.8) is 0 Å². The highest BCUT2D eigenvalue weighted by atomic mass is 35.5. The van der Waals surface area contributed by atoms with Crippen molar-refractivity contribution < 1.29 is 19.4 Å². The molecule has 1 aliphatic rings. The van der Waals surface area contributed by atoms with E-state index in [4.69, 9.17) is 21.1 Å². The van der Waals surface area contributed by atoms with Gasteiger partial charge in [-0.25, -0.2) is 0 Å². The standard InChI is InChI=1S/C28H31ClN2O4/c1-18(30-16-24(32)22-9-6-10-23(29)15-22)13-20-11-12-25-26(14-20)34-17-27(35-25)28(33)31-19(2)21-7-4-3-5-8-21/h3-12,14-15,18-19,24,27,30,32H,13,16-17H2,1-2H3,(H,31,33)/t18-,19+,24-,27-/m1/s1. The minimum Gasteiger partial charge on any atom is -0.485 e. The molecule has 0 aliphatic carbocycles. The first kappa shape index (κ1) is 25.0. The van der Waals surface area contributed by atoms with E-state index < -0.39 is 12.2 Å². The summed E-state index contributed by atoms with van der Waals surface area (Å²) in [7, 11) is 0. The van der Waals surface area contributed by atoms with Crippen molar-refractivity contribution in [2.45, 2.75) is 44.6 Å². The van der Waals surface area contributed by atoms with Crippen LogP contribution in [0.3, 0.4) is 0 Å². The number of rotatable bonds is 9. The third-order valence-corrected chi connectivity index (χ3v) is 6.29. The molecule has 7 heteroatoms. The van der Waals surface area contributed by atoms with Gasteiger partial charge in [0.05, 0.1) is 12.1 Å². The van der Waals surface area contributed by atoms with Gasteiger partial charge in [-0.05, 0) is 61.2 Å². The van der Waals surface area contributed by atoms with E-state index in [9.17, 15) is 9.90 Å². The van der Waals surface area contributed by atoms with Gasteiger partial charge >= 0.3 is 0 Å². The van der Waals surface area contributed by atoms with Crippen LogP contribution in [0.5, 0.6) is 11.5 Å². The van der Waals surface area contributed by atoms with Gasteiger partial charge in [0.1, 0.15) is 6.61 Å². The fourth-order valence-corrected chi connectivity index (χ4v) is 4.27. The van der Waals surface area contributed by atoms with Crippen molar-refractivity contribution in [1.29, 1.82) is 0 Å². The van der Waals surface area contributed by atoms with Crippen LogP contribution in [-0.2, 0) is 11.2 Å². The highest BCUT2D eigenvalue weighted by Crippen LogP contribution is 2.33. The maximum atomic E-state index is 12.7. The molecule has 4 atom stereocenters. The normalized spacial score (nSPS) is 17.3. The summed E-state index contributed by atoms with van der Waals surface area (Å²) in [5.41, 5.74) is 2.89. The Kier molecular flexibility index (Phi) is 8.29. The predicted molar refractivity (Wildman–Crippen MR) is 137 cm³/mol. The first-order valence-electron chi connectivity index (χ1n) is 11.8. The third-order valence-electron chi connectivity index (χ3n) is 6.05. The van der Waals surface area contributed by atoms with Crippen LogP contribution in [0.25, 0.3) is 0 Å². The molecule has 1 heterocycles. The largest absolute Gasteiger partial charge is 0.485 e. The van der Waals surface area contributed by atoms with Crippen molar-refractivity contribution in [3.05, 3.63) is 94.5 Å². The maximum Gasteiger partial charge on any atom is 0.265 e. The summed E-state index contributed by atoms with van der Waals surface area (Å²) in [5, 5.41) is 17.4. The van der Waals surface area contributed by atoms with Crippen molar-refractivity contribution in [2.75, 3.05) is 13.2 Å². The smallest absolute Gasteiger partial charge is 0.265 e. The summed E-state index contributed by atoms with van der Waals surface area (Å²) < 4.78 is 11.8. The van der Waals surface area contributed by atoms with Crippen LogP contribution < -0.4 is 20.1 Å². The van der Waals surface area contributed by atoms with Gasteiger partial charge in [0.2, 0.25) is 6.10 Å². The van der Waals surface area contributed by atoms with Crippen molar-refractivity contribution >= 4 is 17.5 Å². The zero-order valence-corrected chi connectivity index (χ0v) is 20.7. The number of hydrogen-bond donors (Lipinski definition) is 3. The summed E-state index contributed by atoms with van der Waals surface area (Å²) in [5.74, 6) is 0.991.